The number of thioether (sulfide) groups is 1. The summed E-state index contributed by atoms with van der Waals surface area (Å²) >= 11 is 2.07. The Hall–Kier alpha value is -0.510. The summed E-state index contributed by atoms with van der Waals surface area (Å²) in [5.74, 6) is 1.20. The highest BCUT2D eigenvalue weighted by atomic mass is 32.2. The van der Waals surface area contributed by atoms with Gasteiger partial charge in [-0.05, 0) is 33.3 Å². The molecule has 19 heavy (non-hydrogen) atoms. The van der Waals surface area contributed by atoms with Crippen molar-refractivity contribution in [1.29, 1.82) is 0 Å². The number of hydrogen-bond acceptors (Lipinski definition) is 3. The zero-order chi connectivity index (χ0) is 14.0. The molecule has 1 saturated heterocycles. The molecule has 2 unspecified atom stereocenters. The van der Waals surface area contributed by atoms with Crippen LogP contribution in [0.25, 0.3) is 0 Å². The van der Waals surface area contributed by atoms with Gasteiger partial charge in [-0.2, -0.15) is 11.8 Å². The number of hydrogen-bond donors (Lipinski definition) is 1. The van der Waals surface area contributed by atoms with Gasteiger partial charge in [-0.3, -0.25) is 4.90 Å². The number of nitrogens with two attached hydrogens (primary N) is 1. The lowest BCUT2D eigenvalue weighted by atomic mass is 9.96. The molecule has 1 aliphatic rings. The number of aryl methyl sites for hydroxylation is 1. The fourth-order valence-corrected chi connectivity index (χ4v) is 4.13. The van der Waals surface area contributed by atoms with Crippen LogP contribution in [0.3, 0.4) is 0 Å². The molecule has 0 bridgehead atoms. The molecule has 3 heteroatoms. The van der Waals surface area contributed by atoms with Gasteiger partial charge in [0.1, 0.15) is 0 Å². The standard InChI is InChI=1S/C16H26N2S/c1-12-6-5-7-14(10-12)15(13(2)17)18-8-9-19-16(3,4)11-18/h5-7,10,13,15H,8-9,11,17H2,1-4H3. The topological polar surface area (TPSA) is 29.3 Å². The first-order chi connectivity index (χ1) is 8.89. The zero-order valence-corrected chi connectivity index (χ0v) is 13.3. The monoisotopic (exact) mass is 278 g/mol. The van der Waals surface area contributed by atoms with Crippen LogP contribution in [0.5, 0.6) is 0 Å². The number of benzene rings is 1. The molecule has 0 saturated carbocycles. The highest BCUT2D eigenvalue weighted by Gasteiger charge is 2.33. The minimum absolute atomic E-state index is 0.153. The average molecular weight is 278 g/mol. The zero-order valence-electron chi connectivity index (χ0n) is 12.5. The normalized spacial score (nSPS) is 23.0. The van der Waals surface area contributed by atoms with Crippen LogP contribution >= 0.6 is 11.8 Å². The molecule has 0 aliphatic carbocycles. The molecule has 2 nitrogen and oxygen atoms in total. The Labute approximate surface area is 121 Å². The third-order valence-electron chi connectivity index (χ3n) is 3.73. The van der Waals surface area contributed by atoms with Crippen molar-refractivity contribution >= 4 is 11.8 Å². The van der Waals surface area contributed by atoms with Gasteiger partial charge in [-0.1, -0.05) is 29.8 Å². The summed E-state index contributed by atoms with van der Waals surface area (Å²) in [4.78, 5) is 2.57. The van der Waals surface area contributed by atoms with Crippen LogP contribution in [-0.2, 0) is 0 Å². The molecular formula is C16H26N2S. The molecule has 2 rings (SSSR count). The van der Waals surface area contributed by atoms with E-state index in [0.29, 0.717) is 10.8 Å². The smallest absolute Gasteiger partial charge is 0.0497 e. The minimum Gasteiger partial charge on any atom is -0.326 e. The van der Waals surface area contributed by atoms with Gasteiger partial charge in [-0.25, -0.2) is 0 Å². The summed E-state index contributed by atoms with van der Waals surface area (Å²) in [6, 6.07) is 9.28. The molecule has 0 aromatic heterocycles. The maximum atomic E-state index is 6.29. The lowest BCUT2D eigenvalue weighted by Gasteiger charge is -2.43. The van der Waals surface area contributed by atoms with Gasteiger partial charge < -0.3 is 5.73 Å². The molecule has 2 atom stereocenters. The van der Waals surface area contributed by atoms with E-state index in [4.69, 9.17) is 5.73 Å². The van der Waals surface area contributed by atoms with E-state index < -0.39 is 0 Å². The van der Waals surface area contributed by atoms with Gasteiger partial charge in [0.05, 0.1) is 0 Å². The van der Waals surface area contributed by atoms with Crippen molar-refractivity contribution in [2.45, 2.75) is 44.5 Å². The minimum atomic E-state index is 0.153. The van der Waals surface area contributed by atoms with Gasteiger partial charge in [0.2, 0.25) is 0 Å². The molecule has 1 aliphatic heterocycles. The molecule has 1 aromatic rings. The highest BCUT2D eigenvalue weighted by molar-refractivity contribution is 8.00. The molecule has 1 heterocycles. The highest BCUT2D eigenvalue weighted by Crippen LogP contribution is 2.35. The summed E-state index contributed by atoms with van der Waals surface area (Å²) < 4.78 is 0.329. The molecule has 106 valence electrons. The Morgan fingerprint density at radius 1 is 1.37 bits per heavy atom. The van der Waals surface area contributed by atoms with Crippen molar-refractivity contribution in [3.63, 3.8) is 0 Å². The number of rotatable bonds is 3. The van der Waals surface area contributed by atoms with Gasteiger partial charge >= 0.3 is 0 Å². The first kappa shape index (κ1) is 14.9. The molecule has 0 spiro atoms. The summed E-state index contributed by atoms with van der Waals surface area (Å²) in [5, 5.41) is 0. The van der Waals surface area contributed by atoms with E-state index >= 15 is 0 Å². The van der Waals surface area contributed by atoms with Gasteiger partial charge in [-0.15, -0.1) is 0 Å². The predicted molar refractivity (Wildman–Crippen MR) is 85.7 cm³/mol. The maximum Gasteiger partial charge on any atom is 0.0497 e. The van der Waals surface area contributed by atoms with Crippen molar-refractivity contribution in [2.24, 2.45) is 5.73 Å². The maximum absolute atomic E-state index is 6.29. The van der Waals surface area contributed by atoms with Crippen LogP contribution in [0, 0.1) is 6.92 Å². The van der Waals surface area contributed by atoms with Gasteiger partial charge in [0.15, 0.2) is 0 Å². The van der Waals surface area contributed by atoms with Crippen molar-refractivity contribution < 1.29 is 0 Å². The first-order valence-electron chi connectivity index (χ1n) is 7.09. The molecular weight excluding hydrogens is 252 g/mol. The molecule has 0 radical (unpaired) electrons. The Morgan fingerprint density at radius 3 is 2.68 bits per heavy atom. The second kappa shape index (κ2) is 5.86. The van der Waals surface area contributed by atoms with E-state index in [0.717, 1.165) is 13.1 Å². The van der Waals surface area contributed by atoms with E-state index in [-0.39, 0.29) is 6.04 Å². The second-order valence-electron chi connectivity index (χ2n) is 6.30. The van der Waals surface area contributed by atoms with Crippen molar-refractivity contribution in [2.75, 3.05) is 18.8 Å². The molecule has 0 amide bonds. The largest absolute Gasteiger partial charge is 0.326 e. The lowest BCUT2D eigenvalue weighted by Crippen LogP contribution is -2.49. The molecule has 1 fully saturated rings. The van der Waals surface area contributed by atoms with Crippen molar-refractivity contribution in [3.05, 3.63) is 35.4 Å². The Bertz CT molecular complexity index is 429. The Morgan fingerprint density at radius 2 is 2.11 bits per heavy atom. The van der Waals surface area contributed by atoms with E-state index in [1.807, 2.05) is 0 Å². The fraction of sp³-hybridized carbons (Fsp3) is 0.625. The van der Waals surface area contributed by atoms with Crippen LogP contribution in [0.4, 0.5) is 0 Å². The van der Waals surface area contributed by atoms with Crippen molar-refractivity contribution in [3.8, 4) is 0 Å². The van der Waals surface area contributed by atoms with E-state index in [9.17, 15) is 0 Å². The van der Waals surface area contributed by atoms with Crippen LogP contribution in [0.2, 0.25) is 0 Å². The van der Waals surface area contributed by atoms with Gasteiger partial charge in [0.25, 0.3) is 0 Å². The van der Waals surface area contributed by atoms with E-state index in [1.165, 1.54) is 16.9 Å². The summed E-state index contributed by atoms with van der Waals surface area (Å²) in [5.41, 5.74) is 8.96. The SMILES string of the molecule is Cc1cccc(C(C(C)N)N2CCSC(C)(C)C2)c1. The third-order valence-corrected chi connectivity index (χ3v) is 5.03. The third kappa shape index (κ3) is 3.74. The molecule has 2 N–H and O–H groups in total. The van der Waals surface area contributed by atoms with E-state index in [2.05, 4.69) is 68.6 Å². The van der Waals surface area contributed by atoms with Crippen LogP contribution in [0.1, 0.15) is 37.9 Å². The van der Waals surface area contributed by atoms with E-state index in [1.54, 1.807) is 0 Å². The number of nitrogens with zero attached hydrogens (tertiary/aromatic N) is 1. The average Bonchev–Trinajstić information content (AvgIpc) is 2.27. The quantitative estimate of drug-likeness (QED) is 0.920. The Balaban J connectivity index is 2.25. The Kier molecular flexibility index (Phi) is 4.59. The predicted octanol–water partition coefficient (Wildman–Crippen LogP) is 3.21. The first-order valence-corrected chi connectivity index (χ1v) is 8.08. The summed E-state index contributed by atoms with van der Waals surface area (Å²) in [6.07, 6.45) is 0. The summed E-state index contributed by atoms with van der Waals surface area (Å²) in [7, 11) is 0. The lowest BCUT2D eigenvalue weighted by molar-refractivity contribution is 0.168. The second-order valence-corrected chi connectivity index (χ2v) is 8.10. The molecule has 1 aromatic carbocycles. The summed E-state index contributed by atoms with van der Waals surface area (Å²) in [6.45, 7) is 11.2. The van der Waals surface area contributed by atoms with Crippen molar-refractivity contribution in [1.82, 2.24) is 4.90 Å². The fourth-order valence-electron chi connectivity index (χ4n) is 2.99. The van der Waals surface area contributed by atoms with Crippen LogP contribution in [0.15, 0.2) is 24.3 Å². The van der Waals surface area contributed by atoms with Gasteiger partial charge in [0, 0.05) is 35.7 Å². The van der Waals surface area contributed by atoms with Crippen LogP contribution in [-0.4, -0.2) is 34.5 Å². The van der Waals surface area contributed by atoms with Crippen LogP contribution < -0.4 is 5.73 Å².